The number of hydrogen-bond acceptors (Lipinski definition) is 4. The van der Waals surface area contributed by atoms with Crippen molar-refractivity contribution in [1.82, 2.24) is 0 Å². The Kier molecular flexibility index (Phi) is 19.7. The van der Waals surface area contributed by atoms with Crippen LogP contribution in [0.5, 0.6) is 0 Å². The van der Waals surface area contributed by atoms with Gasteiger partial charge < -0.3 is 9.66 Å². The van der Waals surface area contributed by atoms with Crippen LogP contribution in [0.15, 0.2) is 0 Å². The number of aliphatic hydroxyl groups is 1. The zero-order valence-corrected chi connectivity index (χ0v) is 19.4. The second-order valence-electron chi connectivity index (χ2n) is 6.40. The van der Waals surface area contributed by atoms with E-state index in [1.54, 1.807) is 0 Å². The fourth-order valence-corrected chi connectivity index (χ4v) is 3.79. The van der Waals surface area contributed by atoms with E-state index in [2.05, 4.69) is 6.92 Å². The van der Waals surface area contributed by atoms with Crippen molar-refractivity contribution in [3.05, 3.63) is 0 Å². The molecule has 0 aromatic carbocycles. The van der Waals surface area contributed by atoms with Crippen LogP contribution in [0.3, 0.4) is 0 Å². The molecule has 0 aliphatic rings. The molecule has 2 atom stereocenters. The van der Waals surface area contributed by atoms with Crippen molar-refractivity contribution in [1.29, 1.82) is 0 Å². The van der Waals surface area contributed by atoms with Crippen LogP contribution in [0.1, 0.15) is 97.3 Å². The smallest absolute Gasteiger partial charge is 0.748 e. The first-order chi connectivity index (χ1) is 10.4. The summed E-state index contributed by atoms with van der Waals surface area (Å²) in [6, 6.07) is 0. The van der Waals surface area contributed by atoms with Crippen LogP contribution in [-0.4, -0.2) is 29.4 Å². The molecule has 0 saturated heterocycles. The monoisotopic (exact) mass is 374 g/mol. The van der Waals surface area contributed by atoms with Gasteiger partial charge in [-0.1, -0.05) is 71.6 Å². The van der Waals surface area contributed by atoms with Gasteiger partial charge in [0.05, 0.1) is 16.2 Å². The Morgan fingerprint density at radius 2 is 1.26 bits per heavy atom. The van der Waals surface area contributed by atoms with Crippen LogP contribution in [0.2, 0.25) is 0 Å². The molecule has 6 heteroatoms. The maximum atomic E-state index is 11.1. The summed E-state index contributed by atoms with van der Waals surface area (Å²) < 4.78 is 33.3. The zero-order chi connectivity index (χ0) is 16.8. The fraction of sp³-hybridized carbons (Fsp3) is 1.00. The van der Waals surface area contributed by atoms with Gasteiger partial charge in [0, 0.05) is 5.25 Å². The summed E-state index contributed by atoms with van der Waals surface area (Å²) in [6.45, 7) is 4.07. The van der Waals surface area contributed by atoms with Gasteiger partial charge in [0.15, 0.2) is 0 Å². The van der Waals surface area contributed by atoms with E-state index in [4.69, 9.17) is 0 Å². The van der Waals surface area contributed by atoms with Gasteiger partial charge in [-0.3, -0.25) is 0 Å². The van der Waals surface area contributed by atoms with Crippen LogP contribution in [0.4, 0.5) is 0 Å². The Morgan fingerprint density at radius 1 is 0.783 bits per heavy atom. The second kappa shape index (κ2) is 16.9. The van der Waals surface area contributed by atoms with Crippen LogP contribution >= 0.6 is 0 Å². The normalized spacial score (nSPS) is 14.3. The van der Waals surface area contributed by atoms with Gasteiger partial charge in [0.25, 0.3) is 0 Å². The van der Waals surface area contributed by atoms with Crippen LogP contribution in [-0.2, 0) is 10.1 Å². The van der Waals surface area contributed by atoms with Crippen molar-refractivity contribution >= 4 is 10.1 Å². The van der Waals surface area contributed by atoms with Crippen molar-refractivity contribution < 1.29 is 69.5 Å². The Labute approximate surface area is 186 Å². The molecule has 0 heterocycles. The predicted molar refractivity (Wildman–Crippen MR) is 90.9 cm³/mol. The van der Waals surface area contributed by atoms with Crippen molar-refractivity contribution in [3.63, 3.8) is 0 Å². The van der Waals surface area contributed by atoms with Crippen LogP contribution in [0.25, 0.3) is 0 Å². The van der Waals surface area contributed by atoms with Crippen molar-refractivity contribution in [2.45, 2.75) is 109 Å². The molecule has 0 aliphatic carbocycles. The summed E-state index contributed by atoms with van der Waals surface area (Å²) in [5, 5.41) is 9.10. The van der Waals surface area contributed by atoms with Crippen molar-refractivity contribution in [2.75, 3.05) is 0 Å². The molecule has 0 radical (unpaired) electrons. The Bertz CT molecular complexity index is 347. The molecule has 0 saturated carbocycles. The average molecular weight is 375 g/mol. The third-order valence-corrected chi connectivity index (χ3v) is 5.51. The van der Waals surface area contributed by atoms with Gasteiger partial charge in [-0.2, -0.15) is 0 Å². The molecule has 0 spiro atoms. The first-order valence-corrected chi connectivity index (χ1v) is 10.5. The van der Waals surface area contributed by atoms with E-state index in [0.717, 1.165) is 57.8 Å². The third kappa shape index (κ3) is 16.7. The molecular weight excluding hydrogens is 339 g/mol. The average Bonchev–Trinajstić information content (AvgIpc) is 2.44. The van der Waals surface area contributed by atoms with Crippen LogP contribution in [0, 0.1) is 0 Å². The first-order valence-electron chi connectivity index (χ1n) is 9.04. The summed E-state index contributed by atoms with van der Waals surface area (Å²) in [7, 11) is -4.13. The molecule has 0 aliphatic heterocycles. The molecule has 0 aromatic rings. The first kappa shape index (κ1) is 26.7. The van der Waals surface area contributed by atoms with Crippen molar-refractivity contribution in [2.24, 2.45) is 0 Å². The third-order valence-electron chi connectivity index (χ3n) is 4.22. The fourth-order valence-electron chi connectivity index (χ4n) is 2.81. The maximum Gasteiger partial charge on any atom is 1.00 e. The number of hydrogen-bond donors (Lipinski definition) is 1. The molecule has 0 bridgehead atoms. The van der Waals surface area contributed by atoms with Gasteiger partial charge in [-0.25, -0.2) is 8.42 Å². The quantitative estimate of drug-likeness (QED) is 0.267. The minimum atomic E-state index is -4.13. The molecule has 0 aromatic heterocycles. The number of unbranched alkanes of at least 4 members (excludes halogenated alkanes) is 6. The second-order valence-corrected chi connectivity index (χ2v) is 8.05. The standard InChI is InChI=1S/C17H36O4S.K/c1-3-5-9-13-16(18)14-10-7-6-8-11-15-17(12-4-2)22(19,20)21;/h16-18H,3-15H2,1-2H3,(H,19,20,21);/q;+1/p-1. The zero-order valence-electron chi connectivity index (χ0n) is 15.4. The molecular formula is C17H35KO4S. The predicted octanol–water partition coefficient (Wildman–Crippen LogP) is 1.38. The van der Waals surface area contributed by atoms with Crippen LogP contribution < -0.4 is 51.4 Å². The van der Waals surface area contributed by atoms with Crippen molar-refractivity contribution in [3.8, 4) is 0 Å². The molecule has 23 heavy (non-hydrogen) atoms. The molecule has 0 fully saturated rings. The van der Waals surface area contributed by atoms with E-state index in [9.17, 15) is 18.1 Å². The largest absolute Gasteiger partial charge is 1.00 e. The minimum Gasteiger partial charge on any atom is -0.748 e. The summed E-state index contributed by atoms with van der Waals surface area (Å²) in [4.78, 5) is 0. The Hall–Kier alpha value is 1.51. The number of aliphatic hydroxyl groups excluding tert-OH is 1. The topological polar surface area (TPSA) is 77.4 Å². The molecule has 0 rings (SSSR count). The van der Waals surface area contributed by atoms with Gasteiger partial charge in [-0.15, -0.1) is 0 Å². The summed E-state index contributed by atoms with van der Waals surface area (Å²) in [5.74, 6) is 0. The minimum absolute atomic E-state index is 0. The van der Waals surface area contributed by atoms with Gasteiger partial charge >= 0.3 is 51.4 Å². The SMILES string of the molecule is CCCCCC(O)CCCCCCCC(CCC)S(=O)(=O)[O-].[K+]. The molecule has 1 N–H and O–H groups in total. The Morgan fingerprint density at radius 3 is 1.74 bits per heavy atom. The summed E-state index contributed by atoms with van der Waals surface area (Å²) >= 11 is 0. The Balaban J connectivity index is 0. The number of rotatable bonds is 15. The molecule has 4 nitrogen and oxygen atoms in total. The molecule has 134 valence electrons. The van der Waals surface area contributed by atoms with Gasteiger partial charge in [0.2, 0.25) is 0 Å². The molecule has 2 unspecified atom stereocenters. The van der Waals surface area contributed by atoms with E-state index in [-0.39, 0.29) is 57.5 Å². The van der Waals surface area contributed by atoms with E-state index >= 15 is 0 Å². The van der Waals surface area contributed by atoms with E-state index in [1.165, 1.54) is 12.8 Å². The van der Waals surface area contributed by atoms with E-state index < -0.39 is 15.4 Å². The maximum absolute atomic E-state index is 11.1. The van der Waals surface area contributed by atoms with E-state index in [1.807, 2.05) is 6.92 Å². The van der Waals surface area contributed by atoms with Gasteiger partial charge in [0.1, 0.15) is 0 Å². The molecule has 0 amide bonds. The van der Waals surface area contributed by atoms with E-state index in [0.29, 0.717) is 12.8 Å². The summed E-state index contributed by atoms with van der Waals surface area (Å²) in [5.41, 5.74) is 0. The van der Waals surface area contributed by atoms with Gasteiger partial charge in [-0.05, 0) is 25.7 Å². The summed E-state index contributed by atoms with van der Waals surface area (Å²) in [6.07, 6.45) is 11.8.